The summed E-state index contributed by atoms with van der Waals surface area (Å²) in [7, 11) is 0. The number of amides is 1. The number of hydrogen-bond donors (Lipinski definition) is 1. The second kappa shape index (κ2) is 10.2. The van der Waals surface area contributed by atoms with E-state index in [2.05, 4.69) is 19.8 Å². The highest BCUT2D eigenvalue weighted by Crippen LogP contribution is 2.47. The van der Waals surface area contributed by atoms with Gasteiger partial charge in [-0.25, -0.2) is 9.37 Å². The first-order valence-corrected chi connectivity index (χ1v) is 14.6. The van der Waals surface area contributed by atoms with Crippen LogP contribution in [0.4, 0.5) is 22.7 Å². The maximum absolute atomic E-state index is 14.7. The van der Waals surface area contributed by atoms with E-state index < -0.39 is 18.1 Å². The predicted molar refractivity (Wildman–Crippen MR) is 146 cm³/mol. The fourth-order valence-corrected chi connectivity index (χ4v) is 7.38. The number of nitrogens with two attached hydrogens (primary N) is 1. The number of halogens is 4. The Morgan fingerprint density at radius 3 is 2.55 bits per heavy atom. The lowest BCUT2D eigenvalue weighted by atomic mass is 10.00. The van der Waals surface area contributed by atoms with Crippen LogP contribution in [0.2, 0.25) is 0 Å². The number of alkyl halides is 3. The molecule has 3 fully saturated rings. The molecule has 1 amide bonds. The summed E-state index contributed by atoms with van der Waals surface area (Å²) in [6.45, 7) is 0.150. The van der Waals surface area contributed by atoms with Gasteiger partial charge < -0.3 is 24.6 Å². The Morgan fingerprint density at radius 1 is 1.12 bits per heavy atom. The highest BCUT2D eigenvalue weighted by molar-refractivity contribution is 7.22. The van der Waals surface area contributed by atoms with Gasteiger partial charge in [0.05, 0.1) is 17.4 Å². The number of ether oxygens (including phenoxy) is 2. The van der Waals surface area contributed by atoms with Gasteiger partial charge in [-0.2, -0.15) is 0 Å². The van der Waals surface area contributed by atoms with Gasteiger partial charge in [0.15, 0.2) is 10.9 Å². The average molecular weight is 603 g/mol. The number of rotatable bonds is 8. The van der Waals surface area contributed by atoms with E-state index in [9.17, 15) is 22.4 Å². The number of anilines is 1. The molecule has 8 nitrogen and oxygen atoms in total. The number of thiazole rings is 1. The summed E-state index contributed by atoms with van der Waals surface area (Å²) in [5, 5.41) is 4.87. The van der Waals surface area contributed by atoms with E-state index in [-0.39, 0.29) is 53.1 Å². The summed E-state index contributed by atoms with van der Waals surface area (Å²) in [6, 6.07) is 8.86. The molecule has 2 saturated heterocycles. The number of fused-ring (bicyclic) bond motifs is 3. The van der Waals surface area contributed by atoms with Crippen LogP contribution in [0, 0.1) is 5.82 Å². The normalized spacial score (nSPS) is 22.2. The Labute approximate surface area is 241 Å². The largest absolute Gasteiger partial charge is 0.573 e. The Hall–Kier alpha value is -3.71. The lowest BCUT2D eigenvalue weighted by Gasteiger charge is -2.38. The van der Waals surface area contributed by atoms with Crippen molar-refractivity contribution in [2.24, 2.45) is 5.73 Å². The first kappa shape index (κ1) is 27.1. The van der Waals surface area contributed by atoms with Gasteiger partial charge in [0.25, 0.3) is 0 Å². The number of carbonyl (C=O) groups is 1. The molecule has 1 aliphatic carbocycles. The van der Waals surface area contributed by atoms with Gasteiger partial charge in [0.2, 0.25) is 5.91 Å². The summed E-state index contributed by atoms with van der Waals surface area (Å²) in [5.74, 6) is -0.788. The number of benzene rings is 2. The molecule has 0 radical (unpaired) electrons. The van der Waals surface area contributed by atoms with E-state index in [0.29, 0.717) is 39.7 Å². The minimum Gasteiger partial charge on any atom is -0.405 e. The molecule has 1 unspecified atom stereocenters. The zero-order valence-electron chi connectivity index (χ0n) is 22.2. The smallest absolute Gasteiger partial charge is 0.405 e. The van der Waals surface area contributed by atoms with Crippen molar-refractivity contribution in [3.8, 4) is 17.0 Å². The molecule has 220 valence electrons. The van der Waals surface area contributed by atoms with E-state index >= 15 is 0 Å². The molecular weight excluding hydrogens is 576 g/mol. The van der Waals surface area contributed by atoms with Crippen LogP contribution in [0.3, 0.4) is 0 Å². The summed E-state index contributed by atoms with van der Waals surface area (Å²) in [6.07, 6.45) is 0.212. The van der Waals surface area contributed by atoms with Gasteiger partial charge in [-0.1, -0.05) is 28.6 Å². The highest BCUT2D eigenvalue weighted by Gasteiger charge is 2.43. The third kappa shape index (κ3) is 5.08. The Balaban J connectivity index is 1.10. The Kier molecular flexibility index (Phi) is 6.61. The van der Waals surface area contributed by atoms with Crippen LogP contribution in [0.25, 0.3) is 21.5 Å². The first-order valence-electron chi connectivity index (χ1n) is 13.8. The van der Waals surface area contributed by atoms with Crippen molar-refractivity contribution in [3.05, 3.63) is 59.1 Å². The second-order valence-electron chi connectivity index (χ2n) is 11.1. The molecule has 2 aliphatic heterocycles. The lowest BCUT2D eigenvalue weighted by molar-refractivity contribution is -0.274. The van der Waals surface area contributed by atoms with E-state index in [0.717, 1.165) is 31.7 Å². The molecule has 13 heteroatoms. The number of nitrogens with zero attached hydrogens (tertiary/aromatic N) is 3. The topological polar surface area (TPSA) is 104 Å². The van der Waals surface area contributed by atoms with Gasteiger partial charge in [0.1, 0.15) is 22.7 Å². The summed E-state index contributed by atoms with van der Waals surface area (Å²) >= 11 is 1.34. The zero-order valence-corrected chi connectivity index (χ0v) is 23.0. The van der Waals surface area contributed by atoms with Crippen LogP contribution in [0.5, 0.6) is 5.75 Å². The highest BCUT2D eigenvalue weighted by atomic mass is 32.1. The first-order chi connectivity index (χ1) is 20.1. The molecule has 4 aromatic rings. The lowest BCUT2D eigenvalue weighted by Crippen LogP contribution is -2.45. The quantitative estimate of drug-likeness (QED) is 0.224. The van der Waals surface area contributed by atoms with Crippen molar-refractivity contribution < 1.29 is 36.4 Å². The third-order valence-corrected chi connectivity index (χ3v) is 9.25. The third-order valence-electron chi connectivity index (χ3n) is 8.23. The number of piperidine rings is 1. The van der Waals surface area contributed by atoms with Crippen molar-refractivity contribution in [1.82, 2.24) is 10.1 Å². The fraction of sp³-hybridized carbons (Fsp3) is 0.414. The Bertz CT molecular complexity index is 1650. The van der Waals surface area contributed by atoms with Crippen LogP contribution in [0.1, 0.15) is 66.1 Å². The molecule has 2 bridgehead atoms. The van der Waals surface area contributed by atoms with Gasteiger partial charge in [0, 0.05) is 34.7 Å². The SMILES string of the molecule is NC(=O)c1cc(F)c2nc(N3[C@@H]4CC[C@H]3CC(OCc3c(-c5ccccc5OC(F)(F)F)noc3C3CC3)C4)sc2c1. The average Bonchev–Trinajstić information content (AvgIpc) is 3.45. The molecule has 42 heavy (non-hydrogen) atoms. The summed E-state index contributed by atoms with van der Waals surface area (Å²) < 4.78 is 70.9. The number of carbonyl (C=O) groups excluding carboxylic acids is 1. The van der Waals surface area contributed by atoms with Crippen molar-refractivity contribution in [2.75, 3.05) is 4.90 Å². The number of primary amides is 1. The van der Waals surface area contributed by atoms with E-state index in [4.69, 9.17) is 15.0 Å². The summed E-state index contributed by atoms with van der Waals surface area (Å²) in [4.78, 5) is 18.4. The van der Waals surface area contributed by atoms with E-state index in [1.54, 1.807) is 12.1 Å². The molecule has 0 spiro atoms. The van der Waals surface area contributed by atoms with Crippen LogP contribution < -0.4 is 15.4 Å². The van der Waals surface area contributed by atoms with Crippen molar-refractivity contribution in [2.45, 2.75) is 75.6 Å². The molecule has 3 aliphatic rings. The van der Waals surface area contributed by atoms with E-state index in [1.165, 1.54) is 29.5 Å². The molecule has 2 aromatic carbocycles. The van der Waals surface area contributed by atoms with Crippen LogP contribution in [-0.4, -0.2) is 40.6 Å². The number of aromatic nitrogens is 2. The van der Waals surface area contributed by atoms with E-state index in [1.807, 2.05) is 0 Å². The molecule has 1 saturated carbocycles. The van der Waals surface area contributed by atoms with Crippen LogP contribution in [-0.2, 0) is 11.3 Å². The van der Waals surface area contributed by atoms with Crippen molar-refractivity contribution in [3.63, 3.8) is 0 Å². The minimum atomic E-state index is -4.84. The number of hydrogen-bond acceptors (Lipinski definition) is 8. The van der Waals surface area contributed by atoms with Gasteiger partial charge in [-0.3, -0.25) is 4.79 Å². The maximum Gasteiger partial charge on any atom is 0.573 e. The van der Waals surface area contributed by atoms with Gasteiger partial charge in [-0.15, -0.1) is 13.2 Å². The zero-order chi connectivity index (χ0) is 29.2. The number of para-hydroxylation sites is 1. The molecule has 4 heterocycles. The Morgan fingerprint density at radius 2 is 1.86 bits per heavy atom. The fourth-order valence-electron chi connectivity index (χ4n) is 6.22. The van der Waals surface area contributed by atoms with Crippen LogP contribution in [0.15, 0.2) is 40.9 Å². The maximum atomic E-state index is 14.7. The van der Waals surface area contributed by atoms with Crippen molar-refractivity contribution >= 4 is 32.6 Å². The molecule has 3 atom stereocenters. The standard InChI is InChI=1S/C29H26F4N4O4S/c30-21-9-15(27(34)38)10-23-25(21)35-28(42-23)37-16-7-8-17(37)12-18(11-16)39-13-20-24(36-41-26(20)14-5-6-14)19-3-1-2-4-22(19)40-29(31,32)33/h1-4,9-10,14,16-18H,5-8,11-13H2,(H2,34,38)/t16-,17+,18?. The monoisotopic (exact) mass is 602 g/mol. The van der Waals surface area contributed by atoms with Crippen molar-refractivity contribution in [1.29, 1.82) is 0 Å². The summed E-state index contributed by atoms with van der Waals surface area (Å²) in [5.41, 5.74) is 6.82. The second-order valence-corrected chi connectivity index (χ2v) is 12.1. The molecule has 7 rings (SSSR count). The van der Waals surface area contributed by atoms with Crippen LogP contribution >= 0.6 is 11.3 Å². The van der Waals surface area contributed by atoms with Gasteiger partial charge in [-0.05, 0) is 62.8 Å². The van der Waals surface area contributed by atoms with Gasteiger partial charge >= 0.3 is 6.36 Å². The predicted octanol–water partition coefficient (Wildman–Crippen LogP) is 6.68. The minimum absolute atomic E-state index is 0.0946. The molecular formula is C29H26F4N4O4S. The molecule has 2 aromatic heterocycles. The molecule has 2 N–H and O–H groups in total.